The van der Waals surface area contributed by atoms with Gasteiger partial charge in [0.25, 0.3) is 0 Å². The van der Waals surface area contributed by atoms with Crippen LogP contribution in [0.1, 0.15) is 36.5 Å². The van der Waals surface area contributed by atoms with Gasteiger partial charge in [0.2, 0.25) is 5.91 Å². The number of carboxylic acid groups (broad SMARTS) is 2. The molecule has 6 heteroatoms. The normalized spacial score (nSPS) is 11.7. The van der Waals surface area contributed by atoms with Crippen molar-refractivity contribution >= 4 is 23.5 Å². The molecule has 1 rings (SSSR count). The van der Waals surface area contributed by atoms with Crippen LogP contribution >= 0.6 is 0 Å². The number of carbonyl (C=O) groups is 3. The molecule has 0 aliphatic carbocycles. The lowest BCUT2D eigenvalue weighted by atomic mass is 10.0. The number of nitrogens with one attached hydrogen (secondary N) is 1. The summed E-state index contributed by atoms with van der Waals surface area (Å²) in [4.78, 5) is 33.3. The lowest BCUT2D eigenvalue weighted by Gasteiger charge is -2.16. The van der Waals surface area contributed by atoms with Gasteiger partial charge in [-0.25, -0.2) is 0 Å². The van der Waals surface area contributed by atoms with Gasteiger partial charge in [-0.2, -0.15) is 0 Å². The van der Waals surface area contributed by atoms with E-state index in [1.54, 1.807) is 13.0 Å². The molecule has 1 aromatic carbocycles. The number of aliphatic carboxylic acids is 1. The van der Waals surface area contributed by atoms with Crippen LogP contribution in [0.2, 0.25) is 0 Å². The minimum Gasteiger partial charge on any atom is -0.550 e. The molecule has 0 saturated heterocycles. The molecular formula is C14H15NO5-2. The molecule has 1 amide bonds. The predicted octanol–water partition coefficient (Wildman–Crippen LogP) is -0.455. The lowest BCUT2D eigenvalue weighted by Crippen LogP contribution is -2.31. The fourth-order valence-electron chi connectivity index (χ4n) is 1.78. The number of rotatable bonds is 7. The zero-order valence-electron chi connectivity index (χ0n) is 11.0. The van der Waals surface area contributed by atoms with Crippen molar-refractivity contribution in [2.45, 2.75) is 26.2 Å². The number of amides is 1. The molecule has 0 aromatic heterocycles. The zero-order valence-corrected chi connectivity index (χ0v) is 11.0. The molecule has 0 unspecified atom stereocenters. The van der Waals surface area contributed by atoms with E-state index >= 15 is 0 Å². The standard InChI is InChI=1S/C14H17NO5/c1-2-9(13(17)18)7-8-12(16)15-11-6-4-3-5-10(11)14(19)20/h3-6,9H,2,7-8H2,1H3,(H,15,16)(H,17,18)(H,19,20)/p-2/t9-/m0/s1. The minimum absolute atomic E-state index is 0.0200. The molecule has 0 bridgehead atoms. The van der Waals surface area contributed by atoms with Crippen LogP contribution in [0.25, 0.3) is 0 Å². The number of anilines is 1. The quantitative estimate of drug-likeness (QED) is 0.725. The van der Waals surface area contributed by atoms with Gasteiger partial charge < -0.3 is 25.1 Å². The molecule has 1 N–H and O–H groups in total. The van der Waals surface area contributed by atoms with Crippen LogP contribution in [0.5, 0.6) is 0 Å². The Balaban J connectivity index is 2.63. The van der Waals surface area contributed by atoms with E-state index in [9.17, 15) is 24.6 Å². The number of para-hydroxylation sites is 1. The van der Waals surface area contributed by atoms with E-state index in [1.165, 1.54) is 18.2 Å². The molecular weight excluding hydrogens is 262 g/mol. The second-order valence-corrected chi connectivity index (χ2v) is 4.34. The number of aromatic carboxylic acids is 1. The van der Waals surface area contributed by atoms with Crippen molar-refractivity contribution in [2.24, 2.45) is 5.92 Å². The highest BCUT2D eigenvalue weighted by Crippen LogP contribution is 2.16. The van der Waals surface area contributed by atoms with E-state index < -0.39 is 23.8 Å². The van der Waals surface area contributed by atoms with Crippen molar-refractivity contribution in [3.8, 4) is 0 Å². The van der Waals surface area contributed by atoms with E-state index in [0.717, 1.165) is 0 Å². The number of carboxylic acids is 2. The summed E-state index contributed by atoms with van der Waals surface area (Å²) < 4.78 is 0. The Morgan fingerprint density at radius 2 is 1.85 bits per heavy atom. The van der Waals surface area contributed by atoms with Crippen molar-refractivity contribution in [2.75, 3.05) is 5.32 Å². The van der Waals surface area contributed by atoms with Crippen molar-refractivity contribution in [3.05, 3.63) is 29.8 Å². The van der Waals surface area contributed by atoms with Crippen LogP contribution in [0.4, 0.5) is 5.69 Å². The molecule has 0 spiro atoms. The maximum Gasteiger partial charge on any atom is 0.224 e. The maximum atomic E-state index is 11.7. The van der Waals surface area contributed by atoms with Gasteiger partial charge >= 0.3 is 0 Å². The third-order valence-electron chi connectivity index (χ3n) is 2.97. The summed E-state index contributed by atoms with van der Waals surface area (Å²) in [5.74, 6) is -3.70. The van der Waals surface area contributed by atoms with Crippen LogP contribution in [-0.4, -0.2) is 17.8 Å². The largest absolute Gasteiger partial charge is 0.550 e. The fourth-order valence-corrected chi connectivity index (χ4v) is 1.78. The Kier molecular flexibility index (Phi) is 5.71. The highest BCUT2D eigenvalue weighted by Gasteiger charge is 2.12. The third kappa shape index (κ3) is 4.38. The van der Waals surface area contributed by atoms with Gasteiger partial charge in [-0.1, -0.05) is 25.1 Å². The topological polar surface area (TPSA) is 109 Å². The first-order valence-corrected chi connectivity index (χ1v) is 6.26. The van der Waals surface area contributed by atoms with Gasteiger partial charge in [-0.15, -0.1) is 0 Å². The highest BCUT2D eigenvalue weighted by atomic mass is 16.4. The first-order chi connectivity index (χ1) is 9.45. The second kappa shape index (κ2) is 7.28. The van der Waals surface area contributed by atoms with E-state index in [4.69, 9.17) is 0 Å². The maximum absolute atomic E-state index is 11.7. The molecule has 0 aliphatic heterocycles. The summed E-state index contributed by atoms with van der Waals surface area (Å²) in [5.41, 5.74) is 0.0202. The summed E-state index contributed by atoms with van der Waals surface area (Å²) in [6, 6.07) is 5.86. The highest BCUT2D eigenvalue weighted by molar-refractivity contribution is 5.99. The Labute approximate surface area is 116 Å². The Hall–Kier alpha value is -2.37. The van der Waals surface area contributed by atoms with Crippen LogP contribution < -0.4 is 15.5 Å². The van der Waals surface area contributed by atoms with Crippen LogP contribution in [-0.2, 0) is 9.59 Å². The summed E-state index contributed by atoms with van der Waals surface area (Å²) in [5, 5.41) is 24.0. The predicted molar refractivity (Wildman–Crippen MR) is 67.4 cm³/mol. The molecule has 0 radical (unpaired) electrons. The summed E-state index contributed by atoms with van der Waals surface area (Å²) in [7, 11) is 0. The van der Waals surface area contributed by atoms with Crippen LogP contribution in [0.15, 0.2) is 24.3 Å². The smallest absolute Gasteiger partial charge is 0.224 e. The first kappa shape index (κ1) is 15.7. The molecule has 20 heavy (non-hydrogen) atoms. The van der Waals surface area contributed by atoms with Crippen molar-refractivity contribution in [1.29, 1.82) is 0 Å². The van der Waals surface area contributed by atoms with Gasteiger partial charge in [-0.05, 0) is 24.8 Å². The molecule has 0 heterocycles. The number of hydrogen-bond donors (Lipinski definition) is 1. The molecule has 1 aromatic rings. The SMILES string of the molecule is CC[C@@H](CCC(=O)Nc1ccccc1C(=O)[O-])C(=O)[O-]. The van der Waals surface area contributed by atoms with Gasteiger partial charge in [0.1, 0.15) is 0 Å². The average Bonchev–Trinajstić information content (AvgIpc) is 2.39. The van der Waals surface area contributed by atoms with Gasteiger partial charge in [0.15, 0.2) is 0 Å². The minimum atomic E-state index is -1.39. The van der Waals surface area contributed by atoms with E-state index in [2.05, 4.69) is 5.32 Å². The lowest BCUT2D eigenvalue weighted by molar-refractivity contribution is -0.311. The fraction of sp³-hybridized carbons (Fsp3) is 0.357. The van der Waals surface area contributed by atoms with E-state index in [0.29, 0.717) is 6.42 Å². The van der Waals surface area contributed by atoms with Crippen LogP contribution in [0, 0.1) is 5.92 Å². The van der Waals surface area contributed by atoms with Gasteiger partial charge in [-0.3, -0.25) is 4.79 Å². The molecule has 0 saturated carbocycles. The second-order valence-electron chi connectivity index (χ2n) is 4.34. The number of carbonyl (C=O) groups excluding carboxylic acids is 3. The summed E-state index contributed by atoms with van der Waals surface area (Å²) in [6.07, 6.45) is 0.511. The Bertz CT molecular complexity index is 512. The average molecular weight is 277 g/mol. The Morgan fingerprint density at radius 1 is 1.20 bits per heavy atom. The number of hydrogen-bond acceptors (Lipinski definition) is 5. The molecule has 1 atom stereocenters. The zero-order chi connectivity index (χ0) is 15.1. The molecule has 0 aliphatic rings. The number of benzene rings is 1. The first-order valence-electron chi connectivity index (χ1n) is 6.26. The van der Waals surface area contributed by atoms with Crippen LogP contribution in [0.3, 0.4) is 0 Å². The molecule has 108 valence electrons. The molecule has 6 nitrogen and oxygen atoms in total. The van der Waals surface area contributed by atoms with Gasteiger partial charge in [0, 0.05) is 23.6 Å². The van der Waals surface area contributed by atoms with Crippen molar-refractivity contribution in [1.82, 2.24) is 0 Å². The summed E-state index contributed by atoms with van der Waals surface area (Å²) >= 11 is 0. The Morgan fingerprint density at radius 3 is 2.40 bits per heavy atom. The van der Waals surface area contributed by atoms with E-state index in [-0.39, 0.29) is 24.1 Å². The van der Waals surface area contributed by atoms with Crippen molar-refractivity contribution in [3.63, 3.8) is 0 Å². The molecule has 0 fully saturated rings. The van der Waals surface area contributed by atoms with Gasteiger partial charge in [0.05, 0.1) is 5.97 Å². The monoisotopic (exact) mass is 277 g/mol. The van der Waals surface area contributed by atoms with E-state index in [1.807, 2.05) is 0 Å². The van der Waals surface area contributed by atoms with Crippen molar-refractivity contribution < 1.29 is 24.6 Å². The summed E-state index contributed by atoms with van der Waals surface area (Å²) in [6.45, 7) is 1.70. The third-order valence-corrected chi connectivity index (χ3v) is 2.97.